The van der Waals surface area contributed by atoms with Crippen LogP contribution in [-0.4, -0.2) is 22.3 Å². The summed E-state index contributed by atoms with van der Waals surface area (Å²) < 4.78 is 0. The summed E-state index contributed by atoms with van der Waals surface area (Å²) in [5.74, 6) is 0.785. The predicted molar refractivity (Wildman–Crippen MR) is 133 cm³/mol. The fraction of sp³-hybridized carbons (Fsp3) is 0.900. The largest absolute Gasteiger partial charge is 0.481 e. The van der Waals surface area contributed by atoms with Crippen molar-refractivity contribution in [1.82, 2.24) is 0 Å². The zero-order chi connectivity index (χ0) is 24.2. The highest BCUT2D eigenvalue weighted by atomic mass is 16.4. The van der Waals surface area contributed by atoms with Gasteiger partial charge in [0.2, 0.25) is 0 Å². The summed E-state index contributed by atoms with van der Waals surface area (Å²) in [6, 6.07) is 0. The fourth-order valence-corrected chi connectivity index (χ4v) is 10.9. The van der Waals surface area contributed by atoms with Crippen LogP contribution in [0.1, 0.15) is 106 Å². The van der Waals surface area contributed by atoms with Crippen LogP contribution in [0.4, 0.5) is 0 Å². The summed E-state index contributed by atoms with van der Waals surface area (Å²) in [5, 5.41) is 21.2. The van der Waals surface area contributed by atoms with Crippen LogP contribution in [0, 0.1) is 56.7 Å². The number of hydrogen-bond donors (Lipinski definition) is 2. The SMILES string of the molecule is CC1CCC2(C)CCC3(C)C(=CCC4C5(C)CCC(O)C(C)(C)C5CCC43C)C2C1C(=O)O. The number of carbonyl (C=O) groups is 1. The lowest BCUT2D eigenvalue weighted by atomic mass is 9.33. The van der Waals surface area contributed by atoms with Crippen LogP contribution in [0.2, 0.25) is 0 Å². The van der Waals surface area contributed by atoms with E-state index in [0.29, 0.717) is 11.8 Å². The molecule has 0 spiro atoms. The Balaban J connectivity index is 1.61. The van der Waals surface area contributed by atoms with Crippen LogP contribution in [0.5, 0.6) is 0 Å². The van der Waals surface area contributed by atoms with Gasteiger partial charge in [-0.3, -0.25) is 4.79 Å². The Bertz CT molecular complexity index is 874. The highest BCUT2D eigenvalue weighted by molar-refractivity contribution is 5.72. The van der Waals surface area contributed by atoms with Crippen molar-refractivity contribution in [2.24, 2.45) is 56.7 Å². The number of rotatable bonds is 1. The minimum Gasteiger partial charge on any atom is -0.481 e. The molecule has 0 aromatic rings. The van der Waals surface area contributed by atoms with E-state index in [2.05, 4.69) is 54.5 Å². The molecule has 0 saturated heterocycles. The van der Waals surface area contributed by atoms with Gasteiger partial charge >= 0.3 is 5.97 Å². The van der Waals surface area contributed by atoms with Gasteiger partial charge in [0.25, 0.3) is 0 Å². The summed E-state index contributed by atoms with van der Waals surface area (Å²) in [7, 11) is 0. The Morgan fingerprint density at radius 2 is 1.61 bits per heavy atom. The zero-order valence-electron chi connectivity index (χ0n) is 22.2. The second kappa shape index (κ2) is 7.11. The first-order chi connectivity index (χ1) is 15.2. The monoisotopic (exact) mass is 456 g/mol. The summed E-state index contributed by atoms with van der Waals surface area (Å²) in [5.41, 5.74) is 2.14. The highest BCUT2D eigenvalue weighted by Crippen LogP contribution is 2.75. The van der Waals surface area contributed by atoms with E-state index in [1.807, 2.05) is 0 Å². The van der Waals surface area contributed by atoms with Gasteiger partial charge in [-0.05, 0) is 109 Å². The third-order valence-corrected chi connectivity index (χ3v) is 13.2. The van der Waals surface area contributed by atoms with Crippen LogP contribution in [0.25, 0.3) is 0 Å². The molecule has 5 rings (SSSR count). The van der Waals surface area contributed by atoms with E-state index in [0.717, 1.165) is 32.1 Å². The number of allylic oxidation sites excluding steroid dienone is 2. The van der Waals surface area contributed by atoms with Crippen molar-refractivity contribution < 1.29 is 15.0 Å². The Hall–Kier alpha value is -0.830. The Labute approximate surface area is 201 Å². The Morgan fingerprint density at radius 1 is 0.909 bits per heavy atom. The number of fused-ring (bicyclic) bond motifs is 7. The first kappa shape index (κ1) is 23.9. The van der Waals surface area contributed by atoms with E-state index < -0.39 is 5.97 Å². The molecule has 0 amide bonds. The molecule has 186 valence electrons. The van der Waals surface area contributed by atoms with E-state index >= 15 is 0 Å². The van der Waals surface area contributed by atoms with Gasteiger partial charge in [-0.1, -0.05) is 60.1 Å². The third kappa shape index (κ3) is 2.87. The number of aliphatic carboxylic acids is 1. The number of carboxylic acids is 1. The minimum absolute atomic E-state index is 0.0302. The molecule has 0 radical (unpaired) electrons. The molecule has 0 aromatic carbocycles. The maximum Gasteiger partial charge on any atom is 0.307 e. The summed E-state index contributed by atoms with van der Waals surface area (Å²) in [6.45, 7) is 16.8. The zero-order valence-corrected chi connectivity index (χ0v) is 22.2. The van der Waals surface area contributed by atoms with Gasteiger partial charge in [0.1, 0.15) is 0 Å². The average Bonchev–Trinajstić information content (AvgIpc) is 2.72. The van der Waals surface area contributed by atoms with Crippen LogP contribution in [0.15, 0.2) is 11.6 Å². The first-order valence-electron chi connectivity index (χ1n) is 13.8. The number of aliphatic hydroxyl groups excluding tert-OH is 1. The van der Waals surface area contributed by atoms with Gasteiger partial charge in [0, 0.05) is 0 Å². The van der Waals surface area contributed by atoms with Crippen molar-refractivity contribution >= 4 is 5.97 Å². The lowest BCUT2D eigenvalue weighted by molar-refractivity contribution is -0.204. The number of aliphatic hydroxyl groups is 1. The predicted octanol–water partition coefficient (Wildman–Crippen LogP) is 7.09. The fourth-order valence-electron chi connectivity index (χ4n) is 10.9. The molecule has 10 unspecified atom stereocenters. The quantitative estimate of drug-likeness (QED) is 0.414. The molecule has 33 heavy (non-hydrogen) atoms. The van der Waals surface area contributed by atoms with Gasteiger partial charge in [0.15, 0.2) is 0 Å². The lowest BCUT2D eigenvalue weighted by Crippen LogP contribution is -2.65. The number of hydrogen-bond acceptors (Lipinski definition) is 2. The standard InChI is InChI=1S/C30H48O3/c1-18-10-13-27(4)16-17-29(6)19(24(27)23(18)25(32)33)8-9-21-28(5)14-12-22(31)26(2,3)20(28)11-15-30(21,29)7/h8,18,20-24,31H,9-17H2,1-7H3,(H,32,33). The highest BCUT2D eigenvalue weighted by Gasteiger charge is 2.68. The molecular weight excluding hydrogens is 408 g/mol. The summed E-state index contributed by atoms with van der Waals surface area (Å²) >= 11 is 0. The molecule has 5 aliphatic rings. The summed E-state index contributed by atoms with van der Waals surface area (Å²) in [6.07, 6.45) is 12.5. The minimum atomic E-state index is -0.575. The van der Waals surface area contributed by atoms with Crippen molar-refractivity contribution in [3.8, 4) is 0 Å². The molecule has 10 atom stereocenters. The van der Waals surface area contributed by atoms with E-state index in [1.54, 1.807) is 0 Å². The molecule has 0 bridgehead atoms. The maximum atomic E-state index is 12.6. The molecule has 0 heterocycles. The molecule has 4 fully saturated rings. The van der Waals surface area contributed by atoms with Crippen LogP contribution in [0.3, 0.4) is 0 Å². The second-order valence-corrected chi connectivity index (χ2v) is 14.7. The van der Waals surface area contributed by atoms with E-state index in [4.69, 9.17) is 0 Å². The van der Waals surface area contributed by atoms with Gasteiger partial charge in [-0.2, -0.15) is 0 Å². The molecular formula is C30H48O3. The van der Waals surface area contributed by atoms with E-state index in [9.17, 15) is 15.0 Å². The van der Waals surface area contributed by atoms with Crippen molar-refractivity contribution in [3.05, 3.63) is 11.6 Å². The van der Waals surface area contributed by atoms with E-state index in [-0.39, 0.29) is 50.9 Å². The van der Waals surface area contributed by atoms with Crippen LogP contribution < -0.4 is 0 Å². The third-order valence-electron chi connectivity index (χ3n) is 13.2. The smallest absolute Gasteiger partial charge is 0.307 e. The second-order valence-electron chi connectivity index (χ2n) is 14.7. The summed E-state index contributed by atoms with van der Waals surface area (Å²) in [4.78, 5) is 12.6. The van der Waals surface area contributed by atoms with Crippen molar-refractivity contribution in [3.63, 3.8) is 0 Å². The Kier molecular flexibility index (Phi) is 5.15. The maximum absolute atomic E-state index is 12.6. The Morgan fingerprint density at radius 3 is 2.27 bits per heavy atom. The number of carboxylic acid groups (broad SMARTS) is 1. The molecule has 2 N–H and O–H groups in total. The van der Waals surface area contributed by atoms with Crippen molar-refractivity contribution in [1.29, 1.82) is 0 Å². The van der Waals surface area contributed by atoms with Crippen LogP contribution >= 0.6 is 0 Å². The van der Waals surface area contributed by atoms with Crippen molar-refractivity contribution in [2.75, 3.05) is 0 Å². The molecule has 4 saturated carbocycles. The van der Waals surface area contributed by atoms with Crippen LogP contribution in [-0.2, 0) is 4.79 Å². The first-order valence-corrected chi connectivity index (χ1v) is 13.8. The average molecular weight is 457 g/mol. The van der Waals surface area contributed by atoms with E-state index in [1.165, 1.54) is 31.3 Å². The van der Waals surface area contributed by atoms with Gasteiger partial charge in [-0.15, -0.1) is 0 Å². The molecule has 0 aliphatic heterocycles. The molecule has 3 nitrogen and oxygen atoms in total. The molecule has 5 aliphatic carbocycles. The van der Waals surface area contributed by atoms with Gasteiger partial charge < -0.3 is 10.2 Å². The van der Waals surface area contributed by atoms with Crippen molar-refractivity contribution in [2.45, 2.75) is 112 Å². The molecule has 0 aromatic heterocycles. The van der Waals surface area contributed by atoms with Gasteiger partial charge in [0.05, 0.1) is 12.0 Å². The lowest BCUT2D eigenvalue weighted by Gasteiger charge is -2.71. The topological polar surface area (TPSA) is 57.5 Å². The molecule has 3 heteroatoms. The van der Waals surface area contributed by atoms with Gasteiger partial charge in [-0.25, -0.2) is 0 Å². The normalized spacial score (nSPS) is 55.3.